The topological polar surface area (TPSA) is 45.5 Å². The standard InChI is InChI=1S/C16H26N2O2/c1-4-16(19)17-10-14-5-7-18(8-6-14)11-15-9-12(2)20-13(15)3/h9,14H,4-8,10-11H2,1-3H3,(H,17,19). The van der Waals surface area contributed by atoms with Crippen molar-refractivity contribution < 1.29 is 9.21 Å². The van der Waals surface area contributed by atoms with E-state index in [1.165, 1.54) is 18.4 Å². The highest BCUT2D eigenvalue weighted by Crippen LogP contribution is 2.21. The van der Waals surface area contributed by atoms with Gasteiger partial charge in [0.1, 0.15) is 11.5 Å². The summed E-state index contributed by atoms with van der Waals surface area (Å²) < 4.78 is 5.58. The van der Waals surface area contributed by atoms with Crippen LogP contribution < -0.4 is 5.32 Å². The minimum Gasteiger partial charge on any atom is -0.466 e. The Bertz CT molecular complexity index is 445. The zero-order valence-electron chi connectivity index (χ0n) is 12.9. The quantitative estimate of drug-likeness (QED) is 0.900. The molecule has 2 heterocycles. The first-order valence-corrected chi connectivity index (χ1v) is 7.63. The maximum atomic E-state index is 11.3. The average Bonchev–Trinajstić information content (AvgIpc) is 2.75. The molecule has 4 nitrogen and oxygen atoms in total. The second-order valence-electron chi connectivity index (χ2n) is 5.82. The van der Waals surface area contributed by atoms with Crippen LogP contribution in [0.5, 0.6) is 0 Å². The number of nitrogens with zero attached hydrogens (tertiary/aromatic N) is 1. The number of piperidine rings is 1. The van der Waals surface area contributed by atoms with Gasteiger partial charge in [-0.3, -0.25) is 9.69 Å². The predicted molar refractivity (Wildman–Crippen MR) is 79.5 cm³/mol. The lowest BCUT2D eigenvalue weighted by molar-refractivity contribution is -0.121. The molecule has 1 amide bonds. The minimum atomic E-state index is 0.164. The molecule has 112 valence electrons. The maximum absolute atomic E-state index is 11.3. The Balaban J connectivity index is 1.74. The molecule has 0 radical (unpaired) electrons. The number of rotatable bonds is 5. The monoisotopic (exact) mass is 278 g/mol. The van der Waals surface area contributed by atoms with Crippen molar-refractivity contribution in [1.29, 1.82) is 0 Å². The SMILES string of the molecule is CCC(=O)NCC1CCN(Cc2cc(C)oc2C)CC1. The molecule has 2 rings (SSSR count). The summed E-state index contributed by atoms with van der Waals surface area (Å²) in [6.07, 6.45) is 2.91. The van der Waals surface area contributed by atoms with E-state index in [0.717, 1.165) is 37.7 Å². The average molecular weight is 278 g/mol. The summed E-state index contributed by atoms with van der Waals surface area (Å²) in [7, 11) is 0. The Hall–Kier alpha value is -1.29. The van der Waals surface area contributed by atoms with E-state index in [9.17, 15) is 4.79 Å². The number of carbonyl (C=O) groups is 1. The fraction of sp³-hybridized carbons (Fsp3) is 0.688. The summed E-state index contributed by atoms with van der Waals surface area (Å²) in [5.41, 5.74) is 1.31. The lowest BCUT2D eigenvalue weighted by atomic mass is 9.96. The van der Waals surface area contributed by atoms with E-state index in [0.29, 0.717) is 12.3 Å². The van der Waals surface area contributed by atoms with Crippen LogP contribution in [0.25, 0.3) is 0 Å². The van der Waals surface area contributed by atoms with Crippen LogP contribution in [-0.2, 0) is 11.3 Å². The van der Waals surface area contributed by atoms with Gasteiger partial charge in [-0.15, -0.1) is 0 Å². The Morgan fingerprint density at radius 3 is 2.65 bits per heavy atom. The van der Waals surface area contributed by atoms with Gasteiger partial charge in [-0.1, -0.05) is 6.92 Å². The van der Waals surface area contributed by atoms with Crippen LogP contribution in [0.4, 0.5) is 0 Å². The van der Waals surface area contributed by atoms with E-state index in [1.54, 1.807) is 0 Å². The van der Waals surface area contributed by atoms with Gasteiger partial charge < -0.3 is 9.73 Å². The number of aryl methyl sites for hydroxylation is 2. The normalized spacial score (nSPS) is 17.4. The molecule has 1 aromatic heterocycles. The van der Waals surface area contributed by atoms with Crippen molar-refractivity contribution >= 4 is 5.91 Å². The third-order valence-corrected chi connectivity index (χ3v) is 4.15. The molecule has 0 bridgehead atoms. The van der Waals surface area contributed by atoms with Gasteiger partial charge in [0.15, 0.2) is 0 Å². The van der Waals surface area contributed by atoms with E-state index in [1.807, 2.05) is 20.8 Å². The van der Waals surface area contributed by atoms with Crippen LogP contribution in [-0.4, -0.2) is 30.4 Å². The van der Waals surface area contributed by atoms with Gasteiger partial charge in [0.2, 0.25) is 5.91 Å². The smallest absolute Gasteiger partial charge is 0.219 e. The predicted octanol–water partition coefficient (Wildman–Crippen LogP) is 2.63. The Kier molecular flexibility index (Phi) is 5.24. The van der Waals surface area contributed by atoms with Crippen LogP contribution in [0.3, 0.4) is 0 Å². The Labute approximate surface area is 121 Å². The summed E-state index contributed by atoms with van der Waals surface area (Å²) in [6.45, 7) is 9.97. The fourth-order valence-corrected chi connectivity index (χ4v) is 2.81. The summed E-state index contributed by atoms with van der Waals surface area (Å²) in [5, 5.41) is 3.01. The highest BCUT2D eigenvalue weighted by atomic mass is 16.3. The second kappa shape index (κ2) is 6.93. The third-order valence-electron chi connectivity index (χ3n) is 4.15. The molecule has 1 fully saturated rings. The summed E-state index contributed by atoms with van der Waals surface area (Å²) in [5.74, 6) is 2.83. The van der Waals surface area contributed by atoms with Crippen molar-refractivity contribution in [3.8, 4) is 0 Å². The molecule has 0 aliphatic carbocycles. The van der Waals surface area contributed by atoms with Crippen LogP contribution in [0.2, 0.25) is 0 Å². The molecule has 0 aromatic carbocycles. The highest BCUT2D eigenvalue weighted by Gasteiger charge is 2.20. The summed E-state index contributed by atoms with van der Waals surface area (Å²) in [6, 6.07) is 2.14. The lowest BCUT2D eigenvalue weighted by Crippen LogP contribution is -2.38. The molecular formula is C16H26N2O2. The second-order valence-corrected chi connectivity index (χ2v) is 5.82. The van der Waals surface area contributed by atoms with Crippen molar-refractivity contribution in [3.63, 3.8) is 0 Å². The fourth-order valence-electron chi connectivity index (χ4n) is 2.81. The van der Waals surface area contributed by atoms with E-state index in [-0.39, 0.29) is 5.91 Å². The Morgan fingerprint density at radius 1 is 1.40 bits per heavy atom. The van der Waals surface area contributed by atoms with Crippen molar-refractivity contribution in [2.45, 2.75) is 46.6 Å². The largest absolute Gasteiger partial charge is 0.466 e. The van der Waals surface area contributed by atoms with Crippen LogP contribution >= 0.6 is 0 Å². The van der Waals surface area contributed by atoms with Gasteiger partial charge in [-0.25, -0.2) is 0 Å². The molecule has 0 saturated carbocycles. The molecule has 0 spiro atoms. The number of hydrogen-bond acceptors (Lipinski definition) is 3. The van der Waals surface area contributed by atoms with Crippen LogP contribution in [0, 0.1) is 19.8 Å². The molecular weight excluding hydrogens is 252 g/mol. The summed E-state index contributed by atoms with van der Waals surface area (Å²) in [4.78, 5) is 13.7. The van der Waals surface area contributed by atoms with E-state index < -0.39 is 0 Å². The maximum Gasteiger partial charge on any atom is 0.219 e. The first-order chi connectivity index (χ1) is 9.58. The number of amides is 1. The van der Waals surface area contributed by atoms with Crippen LogP contribution in [0.15, 0.2) is 10.5 Å². The molecule has 1 saturated heterocycles. The van der Waals surface area contributed by atoms with Gasteiger partial charge in [0.25, 0.3) is 0 Å². The molecule has 20 heavy (non-hydrogen) atoms. The molecule has 1 aliphatic heterocycles. The third kappa shape index (κ3) is 4.10. The van der Waals surface area contributed by atoms with Gasteiger partial charge in [-0.05, 0) is 51.8 Å². The molecule has 0 atom stereocenters. The lowest BCUT2D eigenvalue weighted by Gasteiger charge is -2.31. The number of likely N-dealkylation sites (tertiary alicyclic amines) is 1. The van der Waals surface area contributed by atoms with Gasteiger partial charge in [0, 0.05) is 25.1 Å². The first-order valence-electron chi connectivity index (χ1n) is 7.63. The van der Waals surface area contributed by atoms with E-state index >= 15 is 0 Å². The highest BCUT2D eigenvalue weighted by molar-refractivity contribution is 5.75. The molecule has 0 unspecified atom stereocenters. The van der Waals surface area contributed by atoms with Crippen molar-refractivity contribution in [1.82, 2.24) is 10.2 Å². The van der Waals surface area contributed by atoms with Crippen LogP contribution in [0.1, 0.15) is 43.3 Å². The van der Waals surface area contributed by atoms with Gasteiger partial charge in [-0.2, -0.15) is 0 Å². The number of furan rings is 1. The summed E-state index contributed by atoms with van der Waals surface area (Å²) >= 11 is 0. The molecule has 1 aromatic rings. The minimum absolute atomic E-state index is 0.164. The first kappa shape index (κ1) is 15.1. The number of carbonyl (C=O) groups excluding carboxylic acids is 1. The van der Waals surface area contributed by atoms with Gasteiger partial charge >= 0.3 is 0 Å². The number of nitrogens with one attached hydrogen (secondary N) is 1. The van der Waals surface area contributed by atoms with Crippen molar-refractivity contribution in [2.24, 2.45) is 5.92 Å². The number of hydrogen-bond donors (Lipinski definition) is 1. The van der Waals surface area contributed by atoms with Crippen molar-refractivity contribution in [2.75, 3.05) is 19.6 Å². The van der Waals surface area contributed by atoms with Crippen molar-refractivity contribution in [3.05, 3.63) is 23.2 Å². The van der Waals surface area contributed by atoms with E-state index in [4.69, 9.17) is 4.42 Å². The van der Waals surface area contributed by atoms with E-state index in [2.05, 4.69) is 16.3 Å². The molecule has 1 N–H and O–H groups in total. The molecule has 1 aliphatic rings. The zero-order valence-corrected chi connectivity index (χ0v) is 12.9. The Morgan fingerprint density at radius 2 is 2.10 bits per heavy atom. The molecule has 4 heteroatoms. The van der Waals surface area contributed by atoms with Gasteiger partial charge in [0.05, 0.1) is 0 Å². The zero-order chi connectivity index (χ0) is 14.5.